The summed E-state index contributed by atoms with van der Waals surface area (Å²) >= 11 is 0. The van der Waals surface area contributed by atoms with Crippen LogP contribution in [-0.4, -0.2) is 5.78 Å². The lowest BCUT2D eigenvalue weighted by Gasteiger charge is -1.98. The summed E-state index contributed by atoms with van der Waals surface area (Å²) in [6, 6.07) is 0. The molecular formula is C11H20O. The normalized spacial score (nSPS) is 11.8. The Bertz CT molecular complexity index is 156. The summed E-state index contributed by atoms with van der Waals surface area (Å²) in [6.45, 7) is 6.14. The van der Waals surface area contributed by atoms with Gasteiger partial charge in [-0.3, -0.25) is 4.79 Å². The summed E-state index contributed by atoms with van der Waals surface area (Å²) in [7, 11) is 0. The molecule has 0 spiro atoms. The van der Waals surface area contributed by atoms with E-state index < -0.39 is 0 Å². The smallest absolute Gasteiger partial charge is 0.155 e. The first kappa shape index (κ1) is 11.4. The van der Waals surface area contributed by atoms with Crippen molar-refractivity contribution in [1.29, 1.82) is 0 Å². The lowest BCUT2D eigenvalue weighted by Crippen LogP contribution is -1.90. The molecule has 0 unspecified atom stereocenters. The Morgan fingerprint density at radius 3 is 2.42 bits per heavy atom. The molecule has 0 atom stereocenters. The molecule has 0 aromatic carbocycles. The van der Waals surface area contributed by atoms with Gasteiger partial charge in [-0.05, 0) is 25.8 Å². The number of allylic oxidation sites excluding steroid dienone is 2. The van der Waals surface area contributed by atoms with E-state index in [-0.39, 0.29) is 5.78 Å². The van der Waals surface area contributed by atoms with Crippen LogP contribution in [0.2, 0.25) is 0 Å². The van der Waals surface area contributed by atoms with Crippen LogP contribution >= 0.6 is 0 Å². The highest BCUT2D eigenvalue weighted by molar-refractivity contribution is 5.89. The zero-order valence-electron chi connectivity index (χ0n) is 8.52. The van der Waals surface area contributed by atoms with Gasteiger partial charge in [-0.15, -0.1) is 0 Å². The van der Waals surface area contributed by atoms with E-state index >= 15 is 0 Å². The molecule has 0 rings (SSSR count). The molecule has 0 amide bonds. The molecule has 0 aromatic rings. The highest BCUT2D eigenvalue weighted by Gasteiger charge is 1.94. The minimum Gasteiger partial charge on any atom is -0.295 e. The van der Waals surface area contributed by atoms with Gasteiger partial charge >= 0.3 is 0 Å². The van der Waals surface area contributed by atoms with Crippen molar-refractivity contribution in [2.45, 2.75) is 52.9 Å². The van der Waals surface area contributed by atoms with Crippen molar-refractivity contribution in [3.05, 3.63) is 11.6 Å². The molecule has 0 heterocycles. The first-order valence-electron chi connectivity index (χ1n) is 4.90. The second-order valence-electron chi connectivity index (χ2n) is 3.27. The summed E-state index contributed by atoms with van der Waals surface area (Å²) in [6.07, 6.45) is 7.23. The van der Waals surface area contributed by atoms with Crippen molar-refractivity contribution in [2.75, 3.05) is 0 Å². The number of hydrogen-bond donors (Lipinski definition) is 0. The topological polar surface area (TPSA) is 17.1 Å². The second kappa shape index (κ2) is 7.08. The molecule has 0 radical (unpaired) electrons. The number of rotatable bonds is 6. The van der Waals surface area contributed by atoms with Crippen LogP contribution in [0.3, 0.4) is 0 Å². The molecule has 1 nitrogen and oxygen atoms in total. The summed E-state index contributed by atoms with van der Waals surface area (Å²) in [5, 5.41) is 0. The van der Waals surface area contributed by atoms with Crippen LogP contribution in [0.1, 0.15) is 52.9 Å². The summed E-state index contributed by atoms with van der Waals surface area (Å²) in [5.41, 5.74) is 1.23. The van der Waals surface area contributed by atoms with Gasteiger partial charge in [0.2, 0.25) is 0 Å². The minimum absolute atomic E-state index is 0.254. The predicted molar refractivity (Wildman–Crippen MR) is 53.2 cm³/mol. The molecule has 1 heteroatoms. The monoisotopic (exact) mass is 168 g/mol. The second-order valence-corrected chi connectivity index (χ2v) is 3.27. The zero-order chi connectivity index (χ0) is 9.40. The maximum atomic E-state index is 11.0. The van der Waals surface area contributed by atoms with Crippen molar-refractivity contribution in [3.63, 3.8) is 0 Å². The Labute approximate surface area is 75.9 Å². The third-order valence-corrected chi connectivity index (χ3v) is 1.93. The third kappa shape index (κ3) is 6.14. The van der Waals surface area contributed by atoms with Crippen LogP contribution in [0.4, 0.5) is 0 Å². The predicted octanol–water partition coefficient (Wildman–Crippen LogP) is 3.49. The Kier molecular flexibility index (Phi) is 6.73. The van der Waals surface area contributed by atoms with Crippen molar-refractivity contribution in [2.24, 2.45) is 0 Å². The van der Waals surface area contributed by atoms with Crippen LogP contribution in [0, 0.1) is 0 Å². The van der Waals surface area contributed by atoms with Gasteiger partial charge in [-0.2, -0.15) is 0 Å². The third-order valence-electron chi connectivity index (χ3n) is 1.93. The van der Waals surface area contributed by atoms with E-state index in [4.69, 9.17) is 0 Å². The minimum atomic E-state index is 0.254. The Hall–Kier alpha value is -0.590. The molecule has 0 N–H and O–H groups in total. The molecule has 0 aliphatic carbocycles. The lowest BCUT2D eigenvalue weighted by atomic mass is 10.1. The average Bonchev–Trinajstić information content (AvgIpc) is 2.05. The molecule has 0 aliphatic heterocycles. The van der Waals surface area contributed by atoms with Gasteiger partial charge in [-0.1, -0.05) is 32.3 Å². The van der Waals surface area contributed by atoms with E-state index in [1.165, 1.54) is 24.8 Å². The molecular weight excluding hydrogens is 148 g/mol. The van der Waals surface area contributed by atoms with E-state index in [1.807, 2.05) is 13.8 Å². The van der Waals surface area contributed by atoms with Gasteiger partial charge in [0.1, 0.15) is 0 Å². The maximum Gasteiger partial charge on any atom is 0.155 e. The van der Waals surface area contributed by atoms with E-state index in [0.29, 0.717) is 6.42 Å². The molecule has 0 saturated carbocycles. The summed E-state index contributed by atoms with van der Waals surface area (Å²) in [4.78, 5) is 11.0. The number of ketones is 1. The van der Waals surface area contributed by atoms with Gasteiger partial charge in [-0.25, -0.2) is 0 Å². The largest absolute Gasteiger partial charge is 0.295 e. The fourth-order valence-electron chi connectivity index (χ4n) is 1.10. The van der Waals surface area contributed by atoms with Gasteiger partial charge in [0.15, 0.2) is 5.78 Å². The maximum absolute atomic E-state index is 11.0. The van der Waals surface area contributed by atoms with Gasteiger partial charge in [0.05, 0.1) is 0 Å². The number of carbonyl (C=O) groups is 1. The fourth-order valence-corrected chi connectivity index (χ4v) is 1.10. The first-order valence-corrected chi connectivity index (χ1v) is 4.90. The lowest BCUT2D eigenvalue weighted by molar-refractivity contribution is -0.114. The highest BCUT2D eigenvalue weighted by atomic mass is 16.1. The molecule has 0 aromatic heterocycles. The number of hydrogen-bond acceptors (Lipinski definition) is 1. The van der Waals surface area contributed by atoms with Gasteiger partial charge in [0, 0.05) is 6.42 Å². The van der Waals surface area contributed by atoms with E-state index in [9.17, 15) is 4.79 Å². The molecule has 0 bridgehead atoms. The van der Waals surface area contributed by atoms with E-state index in [1.54, 1.807) is 6.08 Å². The Balaban J connectivity index is 3.62. The number of carbonyl (C=O) groups excluding carboxylic acids is 1. The molecule has 0 fully saturated rings. The molecule has 0 aliphatic rings. The van der Waals surface area contributed by atoms with Crippen LogP contribution in [0.15, 0.2) is 11.6 Å². The van der Waals surface area contributed by atoms with E-state index in [2.05, 4.69) is 6.92 Å². The van der Waals surface area contributed by atoms with Crippen LogP contribution in [0.25, 0.3) is 0 Å². The number of unbranched alkanes of at least 4 members (excludes halogenated alkanes) is 2. The SMILES string of the molecule is CCCCC/C(C)=C/C(=O)CC. The molecule has 0 saturated heterocycles. The van der Waals surface area contributed by atoms with Crippen molar-refractivity contribution < 1.29 is 4.79 Å². The van der Waals surface area contributed by atoms with Crippen molar-refractivity contribution in [3.8, 4) is 0 Å². The van der Waals surface area contributed by atoms with E-state index in [0.717, 1.165) is 6.42 Å². The van der Waals surface area contributed by atoms with Crippen LogP contribution in [-0.2, 0) is 4.79 Å². The summed E-state index contributed by atoms with van der Waals surface area (Å²) < 4.78 is 0. The first-order chi connectivity index (χ1) is 5.70. The molecule has 12 heavy (non-hydrogen) atoms. The Morgan fingerprint density at radius 2 is 1.92 bits per heavy atom. The molecule has 70 valence electrons. The van der Waals surface area contributed by atoms with Crippen LogP contribution < -0.4 is 0 Å². The van der Waals surface area contributed by atoms with Gasteiger partial charge in [0.25, 0.3) is 0 Å². The fraction of sp³-hybridized carbons (Fsp3) is 0.727. The standard InChI is InChI=1S/C11H20O/c1-4-6-7-8-10(3)9-11(12)5-2/h9H,4-8H2,1-3H3/b10-9+. The van der Waals surface area contributed by atoms with Crippen LogP contribution in [0.5, 0.6) is 0 Å². The highest BCUT2D eigenvalue weighted by Crippen LogP contribution is 2.08. The Morgan fingerprint density at radius 1 is 1.25 bits per heavy atom. The zero-order valence-corrected chi connectivity index (χ0v) is 8.52. The average molecular weight is 168 g/mol. The van der Waals surface area contributed by atoms with Crippen molar-refractivity contribution in [1.82, 2.24) is 0 Å². The summed E-state index contributed by atoms with van der Waals surface area (Å²) in [5.74, 6) is 0.254. The quantitative estimate of drug-likeness (QED) is 0.438. The van der Waals surface area contributed by atoms with Gasteiger partial charge < -0.3 is 0 Å². The van der Waals surface area contributed by atoms with Crippen molar-refractivity contribution >= 4 is 5.78 Å².